The molecule has 7 nitrogen and oxygen atoms in total. The number of rotatable bonds is 4. The van der Waals surface area contributed by atoms with Crippen molar-refractivity contribution >= 4 is 17.9 Å². The molecule has 1 aromatic rings. The van der Waals surface area contributed by atoms with Gasteiger partial charge in [-0.15, -0.1) is 0 Å². The Kier molecular flexibility index (Phi) is 4.45. The molecule has 0 aromatic carbocycles. The minimum atomic E-state index is -1.07. The van der Waals surface area contributed by atoms with E-state index in [1.165, 1.54) is 0 Å². The van der Waals surface area contributed by atoms with Crippen LogP contribution >= 0.6 is 0 Å². The number of ether oxygens (including phenoxy) is 3. The van der Waals surface area contributed by atoms with Crippen LogP contribution in [0.2, 0.25) is 0 Å². The van der Waals surface area contributed by atoms with Crippen LogP contribution in [0.5, 0.6) is 0 Å². The minimum absolute atomic E-state index is 0.192. The number of furan rings is 1. The average molecular weight is 445 g/mol. The highest BCUT2D eigenvalue weighted by Crippen LogP contribution is 2.78. The first-order chi connectivity index (χ1) is 15.1. The molecule has 2 saturated carbocycles. The fourth-order valence-corrected chi connectivity index (χ4v) is 7.30. The summed E-state index contributed by atoms with van der Waals surface area (Å²) in [5, 5.41) is 0. The highest BCUT2D eigenvalue weighted by atomic mass is 16.6. The summed E-state index contributed by atoms with van der Waals surface area (Å²) in [4.78, 5) is 39.8. The molecule has 2 bridgehead atoms. The lowest BCUT2D eigenvalue weighted by molar-refractivity contribution is -0.233. The molecular weight excluding hydrogens is 412 g/mol. The maximum Gasteiger partial charge on any atom is 0.317 e. The summed E-state index contributed by atoms with van der Waals surface area (Å²) in [5.74, 6) is -1.31. The first-order valence-electron chi connectivity index (χ1n) is 11.7. The van der Waals surface area contributed by atoms with E-state index in [-0.39, 0.29) is 29.7 Å². The first kappa shape index (κ1) is 21.5. The smallest absolute Gasteiger partial charge is 0.317 e. The maximum atomic E-state index is 13.7. The molecule has 3 heterocycles. The van der Waals surface area contributed by atoms with Gasteiger partial charge in [-0.2, -0.15) is 0 Å². The van der Waals surface area contributed by atoms with Gasteiger partial charge in [-0.1, -0.05) is 27.7 Å². The second-order valence-corrected chi connectivity index (χ2v) is 10.7. The largest absolute Gasteiger partial charge is 0.472 e. The predicted octanol–water partition coefficient (Wildman–Crippen LogP) is 4.35. The zero-order valence-electron chi connectivity index (χ0n) is 19.4. The summed E-state index contributed by atoms with van der Waals surface area (Å²) < 4.78 is 23.5. The van der Waals surface area contributed by atoms with Crippen LogP contribution in [0.4, 0.5) is 0 Å². The van der Waals surface area contributed by atoms with Crippen LogP contribution in [0, 0.1) is 28.1 Å². The Balaban J connectivity index is 1.62. The molecule has 32 heavy (non-hydrogen) atoms. The van der Waals surface area contributed by atoms with Crippen molar-refractivity contribution < 1.29 is 33.0 Å². The SMILES string of the molecule is CCC(C)C(=O)O[C@@H]1C[C@@H](C)[C@]2(C[C@H](c3ccoc3)OC2=O)[C@@]23CC[C@@](C)(C(=O)O2)[C@@]13C. The molecule has 2 aliphatic heterocycles. The van der Waals surface area contributed by atoms with Crippen molar-refractivity contribution in [3.05, 3.63) is 24.2 Å². The van der Waals surface area contributed by atoms with Crippen molar-refractivity contribution in [1.29, 1.82) is 0 Å². The van der Waals surface area contributed by atoms with Gasteiger partial charge in [-0.25, -0.2) is 0 Å². The van der Waals surface area contributed by atoms with Crippen molar-refractivity contribution in [2.24, 2.45) is 28.1 Å². The van der Waals surface area contributed by atoms with Gasteiger partial charge in [-0.3, -0.25) is 14.4 Å². The normalized spacial score (nSPS) is 45.5. The molecule has 1 unspecified atom stereocenters. The number of carbonyl (C=O) groups excluding carboxylic acids is 3. The average Bonchev–Trinajstić information content (AvgIpc) is 3.49. The lowest BCUT2D eigenvalue weighted by Crippen LogP contribution is -2.69. The van der Waals surface area contributed by atoms with Crippen LogP contribution in [0.25, 0.3) is 0 Å². The fraction of sp³-hybridized carbons (Fsp3) is 0.720. The minimum Gasteiger partial charge on any atom is -0.472 e. The Hall–Kier alpha value is -2.31. The fourth-order valence-electron chi connectivity index (χ4n) is 7.30. The second-order valence-electron chi connectivity index (χ2n) is 10.7. The summed E-state index contributed by atoms with van der Waals surface area (Å²) in [6.07, 6.45) is 4.93. The molecule has 2 aliphatic carbocycles. The van der Waals surface area contributed by atoms with E-state index in [9.17, 15) is 14.4 Å². The highest BCUT2D eigenvalue weighted by molar-refractivity contribution is 5.89. The molecule has 0 amide bonds. The van der Waals surface area contributed by atoms with Gasteiger partial charge in [-0.05, 0) is 44.6 Å². The number of esters is 3. The Labute approximate surface area is 188 Å². The highest BCUT2D eigenvalue weighted by Gasteiger charge is 2.88. The van der Waals surface area contributed by atoms with E-state index in [2.05, 4.69) is 0 Å². The van der Waals surface area contributed by atoms with Crippen molar-refractivity contribution in [2.45, 2.75) is 84.5 Å². The van der Waals surface area contributed by atoms with Crippen LogP contribution in [0.1, 0.15) is 78.4 Å². The van der Waals surface area contributed by atoms with Crippen LogP contribution in [0.3, 0.4) is 0 Å². The van der Waals surface area contributed by atoms with E-state index in [0.29, 0.717) is 32.1 Å². The maximum absolute atomic E-state index is 13.7. The van der Waals surface area contributed by atoms with Crippen LogP contribution < -0.4 is 0 Å². The molecule has 1 aromatic heterocycles. The zero-order chi connectivity index (χ0) is 23.1. The quantitative estimate of drug-likeness (QED) is 0.503. The summed E-state index contributed by atoms with van der Waals surface area (Å²) in [6.45, 7) is 9.70. The van der Waals surface area contributed by atoms with Crippen LogP contribution in [-0.2, 0) is 28.6 Å². The lowest BCUT2D eigenvalue weighted by Gasteiger charge is -2.58. The van der Waals surface area contributed by atoms with Crippen molar-refractivity contribution in [2.75, 3.05) is 0 Å². The third kappa shape index (κ3) is 2.20. The van der Waals surface area contributed by atoms with E-state index in [0.717, 1.165) is 5.56 Å². The van der Waals surface area contributed by atoms with E-state index >= 15 is 0 Å². The van der Waals surface area contributed by atoms with Crippen molar-refractivity contribution in [1.82, 2.24) is 0 Å². The first-order valence-corrected chi connectivity index (χ1v) is 11.7. The van der Waals surface area contributed by atoms with Crippen molar-refractivity contribution in [3.8, 4) is 0 Å². The standard InChI is InChI=1S/C25H32O7/c1-6-14(2)19(26)31-18-11-15(3)24(12-17(30-21(24)28)16-7-10-29-13-16)25-9-8-22(4,20(27)32-25)23(18,25)5/h7,10,13-15,17-18H,6,8-9,11-12H2,1-5H3/t14?,15-,17-,18-,22+,23-,24+,25+/m1/s1. The predicted molar refractivity (Wildman–Crippen MR) is 112 cm³/mol. The Morgan fingerprint density at radius 1 is 1.25 bits per heavy atom. The molecule has 8 atom stereocenters. The van der Waals surface area contributed by atoms with Gasteiger partial charge in [0.1, 0.15) is 23.2 Å². The molecule has 5 rings (SSSR count). The number of carbonyl (C=O) groups is 3. The van der Waals surface area contributed by atoms with Crippen LogP contribution in [-0.4, -0.2) is 29.6 Å². The lowest BCUT2D eigenvalue weighted by atomic mass is 9.45. The van der Waals surface area contributed by atoms with Gasteiger partial charge in [0.2, 0.25) is 0 Å². The van der Waals surface area contributed by atoms with Gasteiger partial charge >= 0.3 is 17.9 Å². The molecule has 0 N–H and O–H groups in total. The Morgan fingerprint density at radius 2 is 2.00 bits per heavy atom. The van der Waals surface area contributed by atoms with Gasteiger partial charge in [0.25, 0.3) is 0 Å². The molecule has 4 aliphatic rings. The molecule has 1 spiro atoms. The number of hydrogen-bond donors (Lipinski definition) is 0. The van der Waals surface area contributed by atoms with Gasteiger partial charge in [0.05, 0.1) is 29.3 Å². The molecule has 174 valence electrons. The van der Waals surface area contributed by atoms with Crippen LogP contribution in [0.15, 0.2) is 23.0 Å². The van der Waals surface area contributed by atoms with Gasteiger partial charge < -0.3 is 18.6 Å². The Morgan fingerprint density at radius 3 is 2.62 bits per heavy atom. The zero-order valence-corrected chi connectivity index (χ0v) is 19.4. The van der Waals surface area contributed by atoms with Gasteiger partial charge in [0, 0.05) is 12.0 Å². The van der Waals surface area contributed by atoms with Crippen molar-refractivity contribution in [3.63, 3.8) is 0 Å². The molecular formula is C25H32O7. The number of cyclic esters (lactones) is 1. The van der Waals surface area contributed by atoms with E-state index in [4.69, 9.17) is 18.6 Å². The molecule has 0 radical (unpaired) electrons. The number of hydrogen-bond acceptors (Lipinski definition) is 7. The summed E-state index contributed by atoms with van der Waals surface area (Å²) in [6, 6.07) is 1.80. The monoisotopic (exact) mass is 444 g/mol. The third-order valence-corrected chi connectivity index (χ3v) is 9.76. The Bertz CT molecular complexity index is 969. The van der Waals surface area contributed by atoms with E-state index < -0.39 is 34.1 Å². The summed E-state index contributed by atoms with van der Waals surface area (Å²) >= 11 is 0. The van der Waals surface area contributed by atoms with E-state index in [1.54, 1.807) is 18.6 Å². The summed E-state index contributed by atoms with van der Waals surface area (Å²) in [5.41, 5.74) is -2.91. The second kappa shape index (κ2) is 6.61. The summed E-state index contributed by atoms with van der Waals surface area (Å²) in [7, 11) is 0. The topological polar surface area (TPSA) is 92.0 Å². The van der Waals surface area contributed by atoms with E-state index in [1.807, 2.05) is 34.6 Å². The van der Waals surface area contributed by atoms with Gasteiger partial charge in [0.15, 0.2) is 0 Å². The third-order valence-electron chi connectivity index (χ3n) is 9.76. The molecule has 7 heteroatoms. The molecule has 2 saturated heterocycles. The molecule has 4 fully saturated rings.